The van der Waals surface area contributed by atoms with Gasteiger partial charge in [0.2, 0.25) is 5.95 Å². The maximum absolute atomic E-state index is 6.66. The van der Waals surface area contributed by atoms with Crippen molar-refractivity contribution in [1.29, 1.82) is 0 Å². The molecule has 6 rings (SSSR count). The number of nitrogens with zero attached hydrogens (tertiary/aromatic N) is 3. The Kier molecular flexibility index (Phi) is 5.12. The Morgan fingerprint density at radius 1 is 1.06 bits per heavy atom. The molecule has 1 aromatic heterocycles. The minimum atomic E-state index is -0.373. The lowest BCUT2D eigenvalue weighted by atomic mass is 9.84. The molecule has 34 heavy (non-hydrogen) atoms. The molecule has 2 aliphatic rings. The first kappa shape index (κ1) is 21.3. The van der Waals surface area contributed by atoms with Gasteiger partial charge < -0.3 is 14.8 Å². The second kappa shape index (κ2) is 8.18. The molecule has 0 radical (unpaired) electrons. The van der Waals surface area contributed by atoms with E-state index in [0.717, 1.165) is 43.9 Å². The molecule has 2 unspecified atom stereocenters. The molecule has 0 fully saturated rings. The summed E-state index contributed by atoms with van der Waals surface area (Å²) in [6, 6.07) is 20.0. The number of hydrogen-bond donors (Lipinski definition) is 1. The van der Waals surface area contributed by atoms with Crippen molar-refractivity contribution in [3.8, 4) is 11.5 Å². The van der Waals surface area contributed by atoms with Gasteiger partial charge >= 0.3 is 0 Å². The number of hydrogen-bond acceptors (Lipinski definition) is 5. The van der Waals surface area contributed by atoms with Crippen molar-refractivity contribution in [2.24, 2.45) is 0 Å². The highest BCUT2D eigenvalue weighted by Crippen LogP contribution is 2.51. The zero-order valence-electron chi connectivity index (χ0n) is 18.4. The normalized spacial score (nSPS) is 18.4. The number of nitrogens with one attached hydrogen (secondary N) is 1. The summed E-state index contributed by atoms with van der Waals surface area (Å²) in [6.07, 6.45) is 1.20. The molecule has 170 valence electrons. The molecule has 6 nitrogen and oxygen atoms in total. The van der Waals surface area contributed by atoms with E-state index >= 15 is 0 Å². The Morgan fingerprint density at radius 2 is 1.85 bits per heavy atom. The molecule has 1 N–H and O–H groups in total. The summed E-state index contributed by atoms with van der Waals surface area (Å²) in [5.74, 6) is 2.19. The zero-order chi connectivity index (χ0) is 23.4. The van der Waals surface area contributed by atoms with Crippen LogP contribution in [0.25, 0.3) is 5.70 Å². The van der Waals surface area contributed by atoms with E-state index in [-0.39, 0.29) is 12.1 Å². The van der Waals surface area contributed by atoms with Crippen LogP contribution in [0.4, 0.5) is 5.95 Å². The minimum Gasteiger partial charge on any atom is -0.496 e. The predicted octanol–water partition coefficient (Wildman–Crippen LogP) is 6.57. The highest BCUT2D eigenvalue weighted by molar-refractivity contribution is 9.10. The second-order valence-electron chi connectivity index (χ2n) is 8.33. The number of halogens is 2. The molecule has 0 amide bonds. The van der Waals surface area contributed by atoms with Crippen LogP contribution < -0.4 is 14.8 Å². The number of fused-ring (bicyclic) bond motifs is 3. The fraction of sp³-hybridized carbons (Fsp3) is 0.154. The quantitative estimate of drug-likeness (QED) is 0.321. The summed E-state index contributed by atoms with van der Waals surface area (Å²) in [4.78, 5) is 4.48. The standard InChI is InChI=1S/C26H20BrClN4O2/c1-14-3-5-15(6-4-14)24-22-23(31-26-29-13-30-32(24)26)18-12-17(28)8-10-20(18)34-25(22)16-7-9-21(33-2)19(27)11-16/h3-13,24-25H,1-2H3,(H,29,30,31). The average Bonchev–Trinajstić information content (AvgIpc) is 3.31. The highest BCUT2D eigenvalue weighted by Gasteiger charge is 2.41. The molecule has 8 heteroatoms. The van der Waals surface area contributed by atoms with Gasteiger partial charge in [0.25, 0.3) is 0 Å². The van der Waals surface area contributed by atoms with Crippen molar-refractivity contribution >= 4 is 39.2 Å². The SMILES string of the molecule is COc1ccc(C2Oc3ccc(Cl)cc3C3=C2C(c2ccc(C)cc2)n2ncnc2N3)cc1Br. The zero-order valence-corrected chi connectivity index (χ0v) is 20.8. The molecular weight excluding hydrogens is 516 g/mol. The topological polar surface area (TPSA) is 61.2 Å². The number of ether oxygens (including phenoxy) is 2. The third-order valence-corrected chi connectivity index (χ3v) is 7.10. The Labute approximate surface area is 210 Å². The van der Waals surface area contributed by atoms with Crippen molar-refractivity contribution < 1.29 is 9.47 Å². The van der Waals surface area contributed by atoms with Crippen molar-refractivity contribution in [2.45, 2.75) is 19.1 Å². The number of anilines is 1. The first-order valence-electron chi connectivity index (χ1n) is 10.8. The van der Waals surface area contributed by atoms with E-state index in [9.17, 15) is 0 Å². The van der Waals surface area contributed by atoms with Crippen LogP contribution in [-0.4, -0.2) is 21.9 Å². The molecular formula is C26H20BrClN4O2. The van der Waals surface area contributed by atoms with Gasteiger partial charge in [-0.15, -0.1) is 0 Å². The first-order valence-corrected chi connectivity index (χ1v) is 12.0. The summed E-state index contributed by atoms with van der Waals surface area (Å²) >= 11 is 10.0. The van der Waals surface area contributed by atoms with Crippen LogP contribution in [0, 0.1) is 6.92 Å². The van der Waals surface area contributed by atoms with Gasteiger partial charge in [-0.25, -0.2) is 4.68 Å². The number of benzene rings is 3. The summed E-state index contributed by atoms with van der Waals surface area (Å²) in [7, 11) is 1.65. The van der Waals surface area contributed by atoms with E-state index in [0.29, 0.717) is 11.0 Å². The number of rotatable bonds is 3. The smallest absolute Gasteiger partial charge is 0.226 e. The molecule has 0 saturated heterocycles. The van der Waals surface area contributed by atoms with Gasteiger partial charge in [-0.3, -0.25) is 0 Å². The van der Waals surface area contributed by atoms with Gasteiger partial charge in [0.15, 0.2) is 0 Å². The second-order valence-corrected chi connectivity index (χ2v) is 9.62. The van der Waals surface area contributed by atoms with Gasteiger partial charge in [-0.1, -0.05) is 47.5 Å². The fourth-order valence-corrected chi connectivity index (χ4v) is 5.36. The third kappa shape index (κ3) is 3.38. The molecule has 0 spiro atoms. The predicted molar refractivity (Wildman–Crippen MR) is 135 cm³/mol. The molecule has 2 atom stereocenters. The largest absolute Gasteiger partial charge is 0.496 e. The maximum Gasteiger partial charge on any atom is 0.226 e. The van der Waals surface area contributed by atoms with Gasteiger partial charge in [0.1, 0.15) is 30.0 Å². The van der Waals surface area contributed by atoms with Crippen molar-refractivity contribution in [3.63, 3.8) is 0 Å². The van der Waals surface area contributed by atoms with Crippen LogP contribution in [-0.2, 0) is 0 Å². The molecule has 4 aromatic rings. The van der Waals surface area contributed by atoms with Crippen LogP contribution in [0.3, 0.4) is 0 Å². The van der Waals surface area contributed by atoms with Crippen LogP contribution in [0.5, 0.6) is 11.5 Å². The molecule has 3 aromatic carbocycles. The first-order chi connectivity index (χ1) is 16.5. The Morgan fingerprint density at radius 3 is 2.62 bits per heavy atom. The Bertz CT molecular complexity index is 1450. The van der Waals surface area contributed by atoms with Gasteiger partial charge in [-0.2, -0.15) is 10.1 Å². The van der Waals surface area contributed by atoms with Crippen LogP contribution >= 0.6 is 27.5 Å². The van der Waals surface area contributed by atoms with E-state index in [2.05, 4.69) is 62.5 Å². The van der Waals surface area contributed by atoms with E-state index in [1.165, 1.54) is 5.56 Å². The van der Waals surface area contributed by atoms with E-state index in [1.54, 1.807) is 13.4 Å². The average molecular weight is 536 g/mol. The fourth-order valence-electron chi connectivity index (χ4n) is 4.63. The van der Waals surface area contributed by atoms with Crippen LogP contribution in [0.2, 0.25) is 5.02 Å². The summed E-state index contributed by atoms with van der Waals surface area (Å²) < 4.78 is 14.9. The van der Waals surface area contributed by atoms with Crippen LogP contribution in [0.15, 0.2) is 77.0 Å². The molecule has 3 heterocycles. The summed E-state index contributed by atoms with van der Waals surface area (Å²) in [6.45, 7) is 2.08. The molecule has 0 bridgehead atoms. The molecule has 2 aliphatic heterocycles. The molecule has 0 aliphatic carbocycles. The lowest BCUT2D eigenvalue weighted by molar-refractivity contribution is 0.223. The highest BCUT2D eigenvalue weighted by atomic mass is 79.9. The van der Waals surface area contributed by atoms with Gasteiger partial charge in [0, 0.05) is 16.2 Å². The lowest BCUT2D eigenvalue weighted by Gasteiger charge is -2.39. The monoisotopic (exact) mass is 534 g/mol. The number of aromatic nitrogens is 3. The third-order valence-electron chi connectivity index (χ3n) is 6.25. The lowest BCUT2D eigenvalue weighted by Crippen LogP contribution is -2.32. The van der Waals surface area contributed by atoms with Crippen LogP contribution in [0.1, 0.15) is 34.4 Å². The van der Waals surface area contributed by atoms with Crippen molar-refractivity contribution in [3.05, 3.63) is 104 Å². The van der Waals surface area contributed by atoms with Crippen molar-refractivity contribution in [1.82, 2.24) is 14.8 Å². The summed E-state index contributed by atoms with van der Waals surface area (Å²) in [5, 5.41) is 8.72. The number of methoxy groups -OCH3 is 1. The number of aryl methyl sites for hydroxylation is 1. The van der Waals surface area contributed by atoms with E-state index < -0.39 is 0 Å². The summed E-state index contributed by atoms with van der Waals surface area (Å²) in [5.41, 5.74) is 6.15. The van der Waals surface area contributed by atoms with Crippen molar-refractivity contribution in [2.75, 3.05) is 12.4 Å². The Hall–Kier alpha value is -3.29. The van der Waals surface area contributed by atoms with E-state index in [1.807, 2.05) is 41.1 Å². The van der Waals surface area contributed by atoms with Gasteiger partial charge in [-0.05, 0) is 64.3 Å². The minimum absolute atomic E-state index is 0.215. The Balaban J connectivity index is 1.62. The van der Waals surface area contributed by atoms with Gasteiger partial charge in [0.05, 0.1) is 17.3 Å². The molecule has 0 saturated carbocycles. The van der Waals surface area contributed by atoms with E-state index in [4.69, 9.17) is 21.1 Å². The maximum atomic E-state index is 6.66.